The highest BCUT2D eigenvalue weighted by Crippen LogP contribution is 2.16. The highest BCUT2D eigenvalue weighted by molar-refractivity contribution is 7.89. The van der Waals surface area contributed by atoms with Crippen molar-refractivity contribution in [1.29, 1.82) is 0 Å². The number of hydrogen-bond donors (Lipinski definition) is 1. The zero-order valence-corrected chi connectivity index (χ0v) is 10.9. The van der Waals surface area contributed by atoms with Gasteiger partial charge in [0, 0.05) is 19.2 Å². The Labute approximate surface area is 105 Å². The van der Waals surface area contributed by atoms with Crippen LogP contribution >= 0.6 is 0 Å². The molecule has 1 aromatic carbocycles. The Morgan fingerprint density at radius 1 is 1.44 bits per heavy atom. The van der Waals surface area contributed by atoms with Crippen LogP contribution in [-0.4, -0.2) is 34.5 Å². The molecule has 1 N–H and O–H groups in total. The number of ketones is 1. The second-order valence-corrected chi connectivity index (χ2v) is 5.33. The van der Waals surface area contributed by atoms with Gasteiger partial charge in [0.15, 0.2) is 5.78 Å². The monoisotopic (exact) mass is 275 g/mol. The molecule has 0 bridgehead atoms. The van der Waals surface area contributed by atoms with E-state index < -0.39 is 20.7 Å². The minimum atomic E-state index is -3.98. The van der Waals surface area contributed by atoms with Crippen molar-refractivity contribution in [3.63, 3.8) is 0 Å². The molecule has 0 aliphatic carbocycles. The number of sulfonamides is 1. The van der Waals surface area contributed by atoms with E-state index in [0.717, 1.165) is 12.1 Å². The van der Waals surface area contributed by atoms with Gasteiger partial charge >= 0.3 is 0 Å². The minimum Gasteiger partial charge on any atom is -0.383 e. The quantitative estimate of drug-likeness (QED) is 0.620. The predicted octanol–water partition coefficient (Wildman–Crippen LogP) is 0.953. The lowest BCUT2D eigenvalue weighted by Gasteiger charge is -2.08. The van der Waals surface area contributed by atoms with Crippen molar-refractivity contribution in [3.8, 4) is 0 Å². The van der Waals surface area contributed by atoms with Crippen LogP contribution in [0.1, 0.15) is 17.3 Å². The van der Waals surface area contributed by atoms with Gasteiger partial charge in [-0.2, -0.15) is 0 Å². The number of rotatable bonds is 6. The summed E-state index contributed by atoms with van der Waals surface area (Å²) >= 11 is 0. The van der Waals surface area contributed by atoms with Crippen LogP contribution in [0.25, 0.3) is 0 Å². The maximum Gasteiger partial charge on any atom is 0.243 e. The number of Topliss-reactive ketones (excluding diaryl/α,β-unsaturated/α-hetero) is 1. The summed E-state index contributed by atoms with van der Waals surface area (Å²) in [5, 5.41) is 0. The molecule has 100 valence electrons. The molecule has 0 unspecified atom stereocenters. The lowest BCUT2D eigenvalue weighted by atomic mass is 10.1. The number of methoxy groups -OCH3 is 1. The van der Waals surface area contributed by atoms with E-state index in [2.05, 4.69) is 4.72 Å². The molecule has 0 aromatic heterocycles. The van der Waals surface area contributed by atoms with Gasteiger partial charge < -0.3 is 4.74 Å². The van der Waals surface area contributed by atoms with E-state index in [4.69, 9.17) is 4.74 Å². The topological polar surface area (TPSA) is 72.5 Å². The fraction of sp³-hybridized carbons (Fsp3) is 0.364. The molecule has 0 aliphatic heterocycles. The maximum absolute atomic E-state index is 13.5. The van der Waals surface area contributed by atoms with Gasteiger partial charge in [0.2, 0.25) is 10.0 Å². The lowest BCUT2D eigenvalue weighted by molar-refractivity contribution is 0.101. The second-order valence-electron chi connectivity index (χ2n) is 3.59. The molecule has 0 fully saturated rings. The molecule has 0 spiro atoms. The van der Waals surface area contributed by atoms with Crippen molar-refractivity contribution < 1.29 is 22.3 Å². The van der Waals surface area contributed by atoms with Gasteiger partial charge in [0.05, 0.1) is 6.61 Å². The SMILES string of the molecule is COCCNS(=O)(=O)c1cc(C(C)=O)ccc1F. The number of hydrogen-bond acceptors (Lipinski definition) is 4. The van der Waals surface area contributed by atoms with E-state index in [0.29, 0.717) is 0 Å². The van der Waals surface area contributed by atoms with E-state index in [1.165, 1.54) is 20.1 Å². The summed E-state index contributed by atoms with van der Waals surface area (Å²) in [6.45, 7) is 1.48. The molecular weight excluding hydrogens is 261 g/mol. The van der Waals surface area contributed by atoms with Crippen LogP contribution in [0.3, 0.4) is 0 Å². The van der Waals surface area contributed by atoms with Gasteiger partial charge in [-0.3, -0.25) is 4.79 Å². The molecule has 5 nitrogen and oxygen atoms in total. The standard InChI is InChI=1S/C11H14FNO4S/c1-8(14)9-3-4-10(12)11(7-9)18(15,16)13-5-6-17-2/h3-4,7,13H,5-6H2,1-2H3. The number of ether oxygens (including phenoxy) is 1. The summed E-state index contributed by atoms with van der Waals surface area (Å²) in [4.78, 5) is 10.6. The maximum atomic E-state index is 13.5. The summed E-state index contributed by atoms with van der Waals surface area (Å²) in [6.07, 6.45) is 0. The van der Waals surface area contributed by atoms with Crippen LogP contribution in [0.4, 0.5) is 4.39 Å². The highest BCUT2D eigenvalue weighted by atomic mass is 32.2. The molecule has 1 aromatic rings. The Kier molecular flexibility index (Phi) is 4.94. The van der Waals surface area contributed by atoms with E-state index in [9.17, 15) is 17.6 Å². The van der Waals surface area contributed by atoms with Gasteiger partial charge in [-0.15, -0.1) is 0 Å². The molecule has 1 rings (SSSR count). The first-order valence-electron chi connectivity index (χ1n) is 5.17. The van der Waals surface area contributed by atoms with Crippen LogP contribution in [0.2, 0.25) is 0 Å². The Balaban J connectivity index is 3.07. The first-order valence-corrected chi connectivity index (χ1v) is 6.66. The van der Waals surface area contributed by atoms with Crippen LogP contribution in [0, 0.1) is 5.82 Å². The van der Waals surface area contributed by atoms with Crippen LogP contribution < -0.4 is 4.72 Å². The summed E-state index contributed by atoms with van der Waals surface area (Å²) in [7, 11) is -2.55. The molecular formula is C11H14FNO4S. The number of halogens is 1. The van der Waals surface area contributed by atoms with Crippen molar-refractivity contribution >= 4 is 15.8 Å². The first kappa shape index (κ1) is 14.7. The fourth-order valence-corrected chi connectivity index (χ4v) is 2.40. The van der Waals surface area contributed by atoms with E-state index in [1.54, 1.807) is 0 Å². The Morgan fingerprint density at radius 3 is 2.67 bits per heavy atom. The molecule has 0 aliphatic rings. The van der Waals surface area contributed by atoms with Crippen molar-refractivity contribution in [1.82, 2.24) is 4.72 Å². The van der Waals surface area contributed by atoms with Crippen molar-refractivity contribution in [3.05, 3.63) is 29.6 Å². The third-order valence-electron chi connectivity index (χ3n) is 2.23. The van der Waals surface area contributed by atoms with Crippen molar-refractivity contribution in [2.45, 2.75) is 11.8 Å². The second kappa shape index (κ2) is 6.03. The minimum absolute atomic E-state index is 0.0303. The third-order valence-corrected chi connectivity index (χ3v) is 3.70. The van der Waals surface area contributed by atoms with Crippen molar-refractivity contribution in [2.75, 3.05) is 20.3 Å². The molecule has 0 amide bonds. The third kappa shape index (κ3) is 3.59. The van der Waals surface area contributed by atoms with E-state index in [1.807, 2.05) is 0 Å². The summed E-state index contributed by atoms with van der Waals surface area (Å²) in [5.74, 6) is -1.23. The molecule has 0 saturated carbocycles. The average molecular weight is 275 g/mol. The van der Waals surface area contributed by atoms with Crippen molar-refractivity contribution in [2.24, 2.45) is 0 Å². The lowest BCUT2D eigenvalue weighted by Crippen LogP contribution is -2.28. The normalized spacial score (nSPS) is 11.5. The summed E-state index contributed by atoms with van der Waals surface area (Å²) in [5.41, 5.74) is 0.142. The molecule has 0 saturated heterocycles. The number of benzene rings is 1. The molecule has 0 atom stereocenters. The van der Waals surface area contributed by atoms with Gasteiger partial charge in [-0.1, -0.05) is 0 Å². The molecule has 7 heteroatoms. The highest BCUT2D eigenvalue weighted by Gasteiger charge is 2.19. The largest absolute Gasteiger partial charge is 0.383 e. The van der Waals surface area contributed by atoms with Crippen LogP contribution in [0.15, 0.2) is 23.1 Å². The molecule has 0 heterocycles. The molecule has 18 heavy (non-hydrogen) atoms. The van der Waals surface area contributed by atoms with Crippen LogP contribution in [-0.2, 0) is 14.8 Å². The summed E-state index contributed by atoms with van der Waals surface area (Å²) < 4.78 is 43.9. The molecule has 0 radical (unpaired) electrons. The van der Waals surface area contributed by atoms with E-state index in [-0.39, 0.29) is 24.5 Å². The zero-order valence-electron chi connectivity index (χ0n) is 10.1. The number of carbonyl (C=O) groups is 1. The Morgan fingerprint density at radius 2 is 2.11 bits per heavy atom. The fourth-order valence-electron chi connectivity index (χ4n) is 1.28. The summed E-state index contributed by atoms with van der Waals surface area (Å²) in [6, 6.07) is 3.22. The number of nitrogens with one attached hydrogen (secondary N) is 1. The zero-order chi connectivity index (χ0) is 13.8. The Bertz CT molecular complexity index is 542. The Hall–Kier alpha value is -1.31. The smallest absolute Gasteiger partial charge is 0.243 e. The average Bonchev–Trinajstić information content (AvgIpc) is 2.29. The van der Waals surface area contributed by atoms with E-state index >= 15 is 0 Å². The van der Waals surface area contributed by atoms with Gasteiger partial charge in [-0.05, 0) is 25.1 Å². The first-order chi connectivity index (χ1) is 8.38. The predicted molar refractivity (Wildman–Crippen MR) is 63.5 cm³/mol. The van der Waals surface area contributed by atoms with Gasteiger partial charge in [-0.25, -0.2) is 17.5 Å². The van der Waals surface area contributed by atoms with Gasteiger partial charge in [0.25, 0.3) is 0 Å². The van der Waals surface area contributed by atoms with Crippen LogP contribution in [0.5, 0.6) is 0 Å². The van der Waals surface area contributed by atoms with Gasteiger partial charge in [0.1, 0.15) is 10.7 Å². The number of carbonyl (C=O) groups excluding carboxylic acids is 1.